The van der Waals surface area contributed by atoms with Gasteiger partial charge in [-0.3, -0.25) is 4.79 Å². The molecule has 0 radical (unpaired) electrons. The Kier molecular flexibility index (Phi) is 5.50. The van der Waals surface area contributed by atoms with Crippen molar-refractivity contribution in [3.05, 3.63) is 66.2 Å². The monoisotopic (exact) mass is 305 g/mol. The minimum Gasteiger partial charge on any atom is -0.325 e. The number of nitrogens with one attached hydrogen (secondary N) is 1. The lowest BCUT2D eigenvalue weighted by Gasteiger charge is -2.20. The highest BCUT2D eigenvalue weighted by atomic mass is 35.5. The van der Waals surface area contributed by atoms with Gasteiger partial charge in [-0.15, -0.1) is 11.6 Å². The highest BCUT2D eigenvalue weighted by Crippen LogP contribution is 2.32. The minimum atomic E-state index is -0.352. The molecule has 0 spiro atoms. The number of benzene rings is 2. The normalized spacial score (nSPS) is 13.5. The second-order valence-corrected chi connectivity index (χ2v) is 5.77. The predicted octanol–water partition coefficient (Wildman–Crippen LogP) is 4.34. The van der Waals surface area contributed by atoms with Gasteiger partial charge in [0.15, 0.2) is 0 Å². The molecule has 2 aromatic carbocycles. The number of carbonyl (C=O) groups excluding carboxylic acids is 1. The van der Waals surface area contributed by atoms with Crippen LogP contribution in [0.25, 0.3) is 0 Å². The lowest BCUT2D eigenvalue weighted by molar-refractivity contribution is -0.115. The van der Waals surface area contributed by atoms with E-state index < -0.39 is 0 Å². The largest absolute Gasteiger partial charge is 0.325 e. The second kappa shape index (κ2) is 7.36. The topological polar surface area (TPSA) is 29.1 Å². The Labute approximate surface area is 128 Å². The van der Waals surface area contributed by atoms with Crippen LogP contribution in [0.1, 0.15) is 10.9 Å². The highest BCUT2D eigenvalue weighted by molar-refractivity contribution is 8.00. The average molecular weight is 306 g/mol. The first-order chi connectivity index (χ1) is 9.72. The third-order valence-corrected chi connectivity index (χ3v) is 4.58. The number of carbonyl (C=O) groups is 1. The van der Waals surface area contributed by atoms with Crippen LogP contribution in [0, 0.1) is 0 Å². The van der Waals surface area contributed by atoms with Crippen LogP contribution in [0.5, 0.6) is 0 Å². The summed E-state index contributed by atoms with van der Waals surface area (Å²) in [5.74, 6) is -0.0763. The van der Waals surface area contributed by atoms with Crippen LogP contribution in [0.2, 0.25) is 0 Å². The summed E-state index contributed by atoms with van der Waals surface area (Å²) >= 11 is 7.91. The molecule has 0 aliphatic rings. The maximum atomic E-state index is 12.3. The van der Waals surface area contributed by atoms with Crippen LogP contribution in [-0.4, -0.2) is 17.4 Å². The fraction of sp³-hybridized carbons (Fsp3) is 0.188. The van der Waals surface area contributed by atoms with E-state index in [9.17, 15) is 4.79 Å². The fourth-order valence-corrected chi connectivity index (χ4v) is 3.14. The maximum Gasteiger partial charge on any atom is 0.239 e. The van der Waals surface area contributed by atoms with Gasteiger partial charge in [-0.05, 0) is 24.0 Å². The van der Waals surface area contributed by atoms with Crippen molar-refractivity contribution in [2.24, 2.45) is 0 Å². The Hall–Kier alpha value is -1.45. The van der Waals surface area contributed by atoms with Crippen molar-refractivity contribution >= 4 is 35.0 Å². The summed E-state index contributed by atoms with van der Waals surface area (Å²) in [6.07, 6.45) is 1.90. The number of halogens is 1. The van der Waals surface area contributed by atoms with E-state index in [0.717, 1.165) is 11.3 Å². The summed E-state index contributed by atoms with van der Waals surface area (Å²) in [5, 5.41) is 2.21. The molecule has 0 saturated heterocycles. The van der Waals surface area contributed by atoms with Gasteiger partial charge in [0.1, 0.15) is 5.25 Å². The van der Waals surface area contributed by atoms with Gasteiger partial charge in [0.05, 0.1) is 5.38 Å². The highest BCUT2D eigenvalue weighted by Gasteiger charge is 2.27. The quantitative estimate of drug-likeness (QED) is 0.833. The van der Waals surface area contributed by atoms with E-state index in [1.54, 1.807) is 0 Å². The Bertz CT molecular complexity index is 547. The molecular weight excluding hydrogens is 290 g/mol. The second-order valence-electron chi connectivity index (χ2n) is 4.32. The summed E-state index contributed by atoms with van der Waals surface area (Å²) in [6, 6.07) is 19.1. The van der Waals surface area contributed by atoms with Crippen LogP contribution in [-0.2, 0) is 4.79 Å². The molecule has 2 aromatic rings. The van der Waals surface area contributed by atoms with Gasteiger partial charge in [-0.2, -0.15) is 11.8 Å². The Balaban J connectivity index is 2.10. The standard InChI is InChI=1S/C16H16ClNOS/c1-20-15(14(17)12-8-4-2-5-9-12)16(19)18-13-10-6-3-7-11-13/h2-11,14-15H,1H3,(H,18,19). The van der Waals surface area contributed by atoms with E-state index in [2.05, 4.69) is 5.32 Å². The third kappa shape index (κ3) is 3.78. The Morgan fingerprint density at radius 1 is 1.05 bits per heavy atom. The summed E-state index contributed by atoms with van der Waals surface area (Å²) in [4.78, 5) is 12.3. The van der Waals surface area contributed by atoms with Crippen molar-refractivity contribution < 1.29 is 4.79 Å². The van der Waals surface area contributed by atoms with Crippen LogP contribution < -0.4 is 5.32 Å². The number of anilines is 1. The first-order valence-electron chi connectivity index (χ1n) is 6.30. The van der Waals surface area contributed by atoms with Gasteiger partial charge < -0.3 is 5.32 Å². The molecule has 2 nitrogen and oxygen atoms in total. The molecule has 104 valence electrons. The van der Waals surface area contributed by atoms with Gasteiger partial charge in [0.25, 0.3) is 0 Å². The van der Waals surface area contributed by atoms with Crippen molar-refractivity contribution in [3.63, 3.8) is 0 Å². The molecule has 0 aliphatic heterocycles. The Morgan fingerprint density at radius 2 is 1.60 bits per heavy atom. The molecule has 0 aromatic heterocycles. The van der Waals surface area contributed by atoms with Crippen LogP contribution >= 0.6 is 23.4 Å². The predicted molar refractivity (Wildman–Crippen MR) is 87.4 cm³/mol. The van der Waals surface area contributed by atoms with Crippen molar-refractivity contribution in [1.82, 2.24) is 0 Å². The molecule has 20 heavy (non-hydrogen) atoms. The molecule has 4 heteroatoms. The number of hydrogen-bond donors (Lipinski definition) is 1. The SMILES string of the molecule is CSC(C(=O)Nc1ccccc1)C(Cl)c1ccccc1. The van der Waals surface area contributed by atoms with Gasteiger partial charge >= 0.3 is 0 Å². The van der Waals surface area contributed by atoms with Gasteiger partial charge in [0.2, 0.25) is 5.91 Å². The van der Waals surface area contributed by atoms with Crippen molar-refractivity contribution in [2.45, 2.75) is 10.6 Å². The van der Waals surface area contributed by atoms with E-state index >= 15 is 0 Å². The van der Waals surface area contributed by atoms with Gasteiger partial charge in [-0.1, -0.05) is 48.5 Å². The first kappa shape index (κ1) is 14.9. The van der Waals surface area contributed by atoms with Gasteiger partial charge in [-0.25, -0.2) is 0 Å². The van der Waals surface area contributed by atoms with E-state index in [1.807, 2.05) is 66.9 Å². The summed E-state index contributed by atoms with van der Waals surface area (Å²) in [6.45, 7) is 0. The lowest BCUT2D eigenvalue weighted by atomic mass is 10.1. The molecular formula is C16H16ClNOS. The zero-order valence-corrected chi connectivity index (χ0v) is 12.7. The maximum absolute atomic E-state index is 12.3. The zero-order valence-electron chi connectivity index (χ0n) is 11.1. The fourth-order valence-electron chi connectivity index (χ4n) is 1.91. The first-order valence-corrected chi connectivity index (χ1v) is 8.02. The molecule has 2 atom stereocenters. The summed E-state index contributed by atoms with van der Waals surface area (Å²) in [5.41, 5.74) is 1.74. The van der Waals surface area contributed by atoms with Crippen molar-refractivity contribution in [3.8, 4) is 0 Å². The molecule has 2 rings (SSSR count). The zero-order chi connectivity index (χ0) is 14.4. The van der Waals surface area contributed by atoms with Gasteiger partial charge in [0, 0.05) is 5.69 Å². The van der Waals surface area contributed by atoms with E-state index in [1.165, 1.54) is 11.8 Å². The van der Waals surface area contributed by atoms with Crippen molar-refractivity contribution in [2.75, 3.05) is 11.6 Å². The van der Waals surface area contributed by atoms with Crippen molar-refractivity contribution in [1.29, 1.82) is 0 Å². The third-order valence-electron chi connectivity index (χ3n) is 2.94. The molecule has 0 saturated carbocycles. The average Bonchev–Trinajstić information content (AvgIpc) is 2.49. The molecule has 1 amide bonds. The number of rotatable bonds is 5. The number of thioether (sulfide) groups is 1. The summed E-state index contributed by atoms with van der Waals surface area (Å²) < 4.78 is 0. The molecule has 0 bridgehead atoms. The number of para-hydroxylation sites is 1. The number of amides is 1. The van der Waals surface area contributed by atoms with E-state index in [-0.39, 0.29) is 16.5 Å². The molecule has 0 aliphatic carbocycles. The van der Waals surface area contributed by atoms with Crippen LogP contribution in [0.4, 0.5) is 5.69 Å². The molecule has 1 N–H and O–H groups in total. The number of alkyl halides is 1. The lowest BCUT2D eigenvalue weighted by Crippen LogP contribution is -2.28. The van der Waals surface area contributed by atoms with E-state index in [0.29, 0.717) is 0 Å². The van der Waals surface area contributed by atoms with Crippen LogP contribution in [0.15, 0.2) is 60.7 Å². The van der Waals surface area contributed by atoms with Crippen LogP contribution in [0.3, 0.4) is 0 Å². The number of hydrogen-bond acceptors (Lipinski definition) is 2. The molecule has 2 unspecified atom stereocenters. The smallest absolute Gasteiger partial charge is 0.239 e. The Morgan fingerprint density at radius 3 is 2.15 bits per heavy atom. The molecule has 0 fully saturated rings. The summed E-state index contributed by atoms with van der Waals surface area (Å²) in [7, 11) is 0. The molecule has 0 heterocycles. The van der Waals surface area contributed by atoms with E-state index in [4.69, 9.17) is 11.6 Å². The minimum absolute atomic E-state index is 0.0763.